The zero-order valence-electron chi connectivity index (χ0n) is 18.9. The van der Waals surface area contributed by atoms with Crippen LogP contribution in [0.3, 0.4) is 0 Å². The molecule has 2 aromatic carbocycles. The molecule has 4 atom stereocenters. The van der Waals surface area contributed by atoms with Gasteiger partial charge in [0.25, 0.3) is 0 Å². The molecule has 0 aliphatic carbocycles. The molecule has 3 rings (SSSR count). The highest BCUT2D eigenvalue weighted by atomic mass is 35.5. The zero-order chi connectivity index (χ0) is 25.0. The lowest BCUT2D eigenvalue weighted by atomic mass is 9.74. The number of hydrogen-bond donors (Lipinski definition) is 2. The van der Waals surface area contributed by atoms with Crippen LogP contribution in [0.15, 0.2) is 48.5 Å². The van der Waals surface area contributed by atoms with Crippen LogP contribution >= 0.6 is 23.2 Å². The van der Waals surface area contributed by atoms with Crippen LogP contribution in [0.25, 0.3) is 0 Å². The maximum atomic E-state index is 13.7. The minimum Gasteiger partial charge on any atom is -0.481 e. The molecule has 1 fully saturated rings. The number of aliphatic carboxylic acids is 1. The predicted molar refractivity (Wildman–Crippen MR) is 133 cm³/mol. The highest BCUT2D eigenvalue weighted by molar-refractivity contribution is 7.88. The molecule has 2 aromatic rings. The summed E-state index contributed by atoms with van der Waals surface area (Å²) in [5.74, 6) is -2.37. The lowest BCUT2D eigenvalue weighted by molar-refractivity contribution is -0.152. The zero-order valence-corrected chi connectivity index (χ0v) is 21.3. The van der Waals surface area contributed by atoms with Gasteiger partial charge in [0.1, 0.15) is 0 Å². The van der Waals surface area contributed by atoms with Crippen molar-refractivity contribution >= 4 is 45.1 Å². The molecule has 1 heterocycles. The van der Waals surface area contributed by atoms with Crippen LogP contribution in [-0.2, 0) is 19.6 Å². The van der Waals surface area contributed by atoms with E-state index in [9.17, 15) is 23.1 Å². The van der Waals surface area contributed by atoms with Gasteiger partial charge in [-0.05, 0) is 48.2 Å². The second-order valence-corrected chi connectivity index (χ2v) is 11.3. The number of carboxylic acid groups (broad SMARTS) is 1. The molecule has 184 valence electrons. The second-order valence-electron chi connectivity index (χ2n) is 8.62. The van der Waals surface area contributed by atoms with E-state index in [1.807, 2.05) is 37.3 Å². The number of halogens is 2. The topological polar surface area (TPSA) is 104 Å². The first-order chi connectivity index (χ1) is 16.0. The number of nitrogens with one attached hydrogen (secondary N) is 1. The number of carbonyl (C=O) groups excluding carboxylic acids is 1. The van der Waals surface area contributed by atoms with Gasteiger partial charge in [0.2, 0.25) is 15.9 Å². The van der Waals surface area contributed by atoms with Gasteiger partial charge in [0.15, 0.2) is 0 Å². The number of carbonyl (C=O) groups is 2. The molecule has 2 N–H and O–H groups in total. The lowest BCUT2D eigenvalue weighted by Crippen LogP contribution is -2.54. The number of benzene rings is 2. The van der Waals surface area contributed by atoms with Crippen molar-refractivity contribution in [3.63, 3.8) is 0 Å². The van der Waals surface area contributed by atoms with Crippen molar-refractivity contribution in [3.8, 4) is 0 Å². The van der Waals surface area contributed by atoms with Crippen molar-refractivity contribution in [2.75, 3.05) is 12.8 Å². The first-order valence-electron chi connectivity index (χ1n) is 11.0. The minimum atomic E-state index is -3.49. The number of amides is 1. The van der Waals surface area contributed by atoms with E-state index in [-0.39, 0.29) is 24.8 Å². The second kappa shape index (κ2) is 11.1. The Morgan fingerprint density at radius 3 is 2.38 bits per heavy atom. The predicted octanol–water partition coefficient (Wildman–Crippen LogP) is 4.47. The van der Waals surface area contributed by atoms with Gasteiger partial charge in [0.05, 0.1) is 18.7 Å². The average Bonchev–Trinajstić information content (AvgIpc) is 2.76. The number of nitrogens with zero attached hydrogens (tertiary/aromatic N) is 1. The summed E-state index contributed by atoms with van der Waals surface area (Å²) in [5, 5.41) is 10.6. The Kier molecular flexibility index (Phi) is 8.62. The van der Waals surface area contributed by atoms with E-state index < -0.39 is 34.0 Å². The number of likely N-dealkylation sites (tertiary alicyclic amines) is 1. The third kappa shape index (κ3) is 6.50. The summed E-state index contributed by atoms with van der Waals surface area (Å²) in [6.07, 6.45) is 1.55. The van der Waals surface area contributed by atoms with Crippen molar-refractivity contribution in [2.24, 2.45) is 5.92 Å². The van der Waals surface area contributed by atoms with Crippen LogP contribution in [0.1, 0.15) is 49.3 Å². The summed E-state index contributed by atoms with van der Waals surface area (Å²) in [4.78, 5) is 27.0. The summed E-state index contributed by atoms with van der Waals surface area (Å²) in [5.41, 5.74) is 1.71. The van der Waals surface area contributed by atoms with E-state index in [0.717, 1.165) is 17.4 Å². The van der Waals surface area contributed by atoms with Crippen LogP contribution in [-0.4, -0.2) is 49.1 Å². The van der Waals surface area contributed by atoms with Gasteiger partial charge in [-0.2, -0.15) is 0 Å². The standard InChI is InChI=1S/C24H28Cl2N2O5S/c1-3-20(14-27-34(2,32)33)28-23(15-7-9-18(25)10-8-15)21(16-5-4-6-19(26)11-16)12-17(24(28)31)13-22(29)30/h4-11,17,20-21,23,27H,3,12-14H2,1-2H3,(H,29,30). The van der Waals surface area contributed by atoms with Gasteiger partial charge in [-0.15, -0.1) is 0 Å². The van der Waals surface area contributed by atoms with Gasteiger partial charge in [0, 0.05) is 34.5 Å². The Bertz CT molecular complexity index is 1140. The molecule has 34 heavy (non-hydrogen) atoms. The van der Waals surface area contributed by atoms with E-state index in [0.29, 0.717) is 22.9 Å². The van der Waals surface area contributed by atoms with Crippen molar-refractivity contribution in [2.45, 2.75) is 44.2 Å². The molecule has 0 bridgehead atoms. The maximum Gasteiger partial charge on any atom is 0.304 e. The van der Waals surface area contributed by atoms with Gasteiger partial charge in [-0.3, -0.25) is 9.59 Å². The Labute approximate surface area is 210 Å². The molecule has 0 saturated carbocycles. The lowest BCUT2D eigenvalue weighted by Gasteiger charge is -2.48. The van der Waals surface area contributed by atoms with Crippen LogP contribution in [0.2, 0.25) is 10.0 Å². The fourth-order valence-electron chi connectivity index (χ4n) is 4.66. The smallest absolute Gasteiger partial charge is 0.304 e. The minimum absolute atomic E-state index is 0.0211. The number of carboxylic acids is 1. The van der Waals surface area contributed by atoms with E-state index >= 15 is 0 Å². The summed E-state index contributed by atoms with van der Waals surface area (Å²) in [6.45, 7) is 1.89. The molecule has 1 saturated heterocycles. The molecule has 10 heteroatoms. The normalized spacial score (nSPS) is 21.9. The van der Waals surface area contributed by atoms with E-state index in [1.165, 1.54) is 0 Å². The fraction of sp³-hybridized carbons (Fsp3) is 0.417. The fourth-order valence-corrected chi connectivity index (χ4v) is 5.48. The number of hydrogen-bond acceptors (Lipinski definition) is 4. The molecule has 0 aromatic heterocycles. The Morgan fingerprint density at radius 1 is 1.15 bits per heavy atom. The number of rotatable bonds is 9. The van der Waals surface area contributed by atoms with Crippen LogP contribution in [0.4, 0.5) is 0 Å². The Hall–Kier alpha value is -2.13. The van der Waals surface area contributed by atoms with E-state index in [2.05, 4.69) is 4.72 Å². The largest absolute Gasteiger partial charge is 0.481 e. The first-order valence-corrected chi connectivity index (χ1v) is 13.6. The van der Waals surface area contributed by atoms with Gasteiger partial charge in [-0.25, -0.2) is 13.1 Å². The molecular weight excluding hydrogens is 499 g/mol. The molecule has 1 amide bonds. The first kappa shape index (κ1) is 26.5. The van der Waals surface area contributed by atoms with Gasteiger partial charge < -0.3 is 10.0 Å². The van der Waals surface area contributed by atoms with Crippen molar-refractivity contribution in [3.05, 3.63) is 69.7 Å². The summed E-state index contributed by atoms with van der Waals surface area (Å²) in [7, 11) is -3.49. The maximum absolute atomic E-state index is 13.7. The third-order valence-corrected chi connectivity index (χ3v) is 7.36. The monoisotopic (exact) mass is 526 g/mol. The van der Waals surface area contributed by atoms with Crippen LogP contribution in [0.5, 0.6) is 0 Å². The SMILES string of the molecule is CCC(CNS(C)(=O)=O)N1C(=O)C(CC(=O)O)CC(c2cccc(Cl)c2)C1c1ccc(Cl)cc1. The van der Waals surface area contributed by atoms with Gasteiger partial charge in [-0.1, -0.05) is 54.4 Å². The average molecular weight is 527 g/mol. The van der Waals surface area contributed by atoms with Crippen LogP contribution < -0.4 is 4.72 Å². The molecular formula is C24H28Cl2N2O5S. The van der Waals surface area contributed by atoms with Gasteiger partial charge >= 0.3 is 5.97 Å². The van der Waals surface area contributed by atoms with Crippen LogP contribution in [0, 0.1) is 5.92 Å². The molecule has 1 aliphatic heterocycles. The highest BCUT2D eigenvalue weighted by Crippen LogP contribution is 2.47. The van der Waals surface area contributed by atoms with E-state index in [1.54, 1.807) is 23.1 Å². The van der Waals surface area contributed by atoms with Crippen molar-refractivity contribution < 1.29 is 23.1 Å². The summed E-state index contributed by atoms with van der Waals surface area (Å²) in [6, 6.07) is 13.6. The molecule has 4 unspecified atom stereocenters. The molecule has 7 nitrogen and oxygen atoms in total. The third-order valence-electron chi connectivity index (χ3n) is 6.18. The summed E-state index contributed by atoms with van der Waals surface area (Å²) < 4.78 is 26.1. The quantitative estimate of drug-likeness (QED) is 0.501. The number of sulfonamides is 1. The summed E-state index contributed by atoms with van der Waals surface area (Å²) >= 11 is 12.4. The Morgan fingerprint density at radius 2 is 1.82 bits per heavy atom. The molecule has 0 spiro atoms. The molecule has 0 radical (unpaired) electrons. The highest BCUT2D eigenvalue weighted by Gasteiger charge is 2.46. The molecule has 1 aliphatic rings. The van der Waals surface area contributed by atoms with E-state index in [4.69, 9.17) is 23.2 Å². The van der Waals surface area contributed by atoms with Crippen molar-refractivity contribution in [1.29, 1.82) is 0 Å². The number of piperidine rings is 1. The van der Waals surface area contributed by atoms with Crippen molar-refractivity contribution in [1.82, 2.24) is 9.62 Å². The Balaban J connectivity index is 2.16.